The van der Waals surface area contributed by atoms with E-state index in [-0.39, 0.29) is 12.4 Å². The van der Waals surface area contributed by atoms with Crippen molar-refractivity contribution < 1.29 is 18.4 Å². The summed E-state index contributed by atoms with van der Waals surface area (Å²) in [5, 5.41) is 15.1. The molecule has 0 fully saturated rings. The lowest BCUT2D eigenvalue weighted by atomic mass is 10.0. The second kappa shape index (κ2) is 10.1. The molecule has 0 spiro atoms. The number of anilines is 1. The zero-order valence-electron chi connectivity index (χ0n) is 20.3. The van der Waals surface area contributed by atoms with Gasteiger partial charge in [-0.15, -0.1) is 10.2 Å². The van der Waals surface area contributed by atoms with Crippen LogP contribution in [0.15, 0.2) is 65.3 Å². The number of aryl methyl sites for hydroxylation is 1. The van der Waals surface area contributed by atoms with Crippen molar-refractivity contribution in [1.82, 2.24) is 30.5 Å². The molecule has 0 bridgehead atoms. The van der Waals surface area contributed by atoms with Crippen molar-refractivity contribution in [2.45, 2.75) is 45.8 Å². The van der Waals surface area contributed by atoms with E-state index in [1.54, 1.807) is 31.2 Å². The predicted molar refractivity (Wildman–Crippen MR) is 129 cm³/mol. The van der Waals surface area contributed by atoms with Crippen LogP contribution < -0.4 is 10.2 Å². The van der Waals surface area contributed by atoms with E-state index in [1.807, 2.05) is 20.8 Å². The molecule has 4 rings (SSSR count). The number of pyridine rings is 1. The van der Waals surface area contributed by atoms with Gasteiger partial charge in [-0.25, -0.2) is 4.39 Å². The second-order valence-corrected chi connectivity index (χ2v) is 9.22. The largest absolute Gasteiger partial charge is 0.458 e. The van der Waals surface area contributed by atoms with E-state index in [0.29, 0.717) is 22.8 Å². The molecule has 2 amide bonds. The molecule has 1 atom stereocenters. The van der Waals surface area contributed by atoms with Crippen molar-refractivity contribution in [2.24, 2.45) is 0 Å². The molecule has 36 heavy (non-hydrogen) atoms. The topological polar surface area (TPSA) is 119 Å². The molecule has 1 N–H and O–H groups in total. The minimum atomic E-state index is -1.07. The zero-order valence-corrected chi connectivity index (χ0v) is 20.3. The number of nitrogens with zero attached hydrogens (tertiary/aromatic N) is 6. The molecule has 3 aromatic heterocycles. The molecule has 0 saturated heterocycles. The Hall–Kier alpha value is -4.41. The van der Waals surface area contributed by atoms with Crippen LogP contribution in [0, 0.1) is 12.7 Å². The van der Waals surface area contributed by atoms with Gasteiger partial charge in [0.05, 0.1) is 0 Å². The molecular formula is C25H26FN7O3. The molecule has 0 saturated carbocycles. The van der Waals surface area contributed by atoms with Crippen LogP contribution in [0.2, 0.25) is 0 Å². The van der Waals surface area contributed by atoms with Crippen molar-refractivity contribution in [3.05, 3.63) is 78.1 Å². The highest BCUT2D eigenvalue weighted by molar-refractivity contribution is 6.01. The summed E-state index contributed by atoms with van der Waals surface area (Å²) in [6.07, 6.45) is 3.08. The smallest absolute Gasteiger partial charge is 0.251 e. The van der Waals surface area contributed by atoms with Gasteiger partial charge in [0.2, 0.25) is 11.7 Å². The van der Waals surface area contributed by atoms with E-state index in [2.05, 4.69) is 25.7 Å². The third-order valence-corrected chi connectivity index (χ3v) is 5.09. The number of rotatable bonds is 7. The SMILES string of the molecule is Cc1ccc(-c2nnn(CC(=O)N(c3ccc(F)cc3)[C@H](C(=O)NC(C)(C)C)c3ccncc3)n2)o1. The quantitative estimate of drug-likeness (QED) is 0.420. The maximum absolute atomic E-state index is 13.7. The van der Waals surface area contributed by atoms with Gasteiger partial charge >= 0.3 is 0 Å². The Morgan fingerprint density at radius 3 is 2.39 bits per heavy atom. The lowest BCUT2D eigenvalue weighted by Crippen LogP contribution is -2.50. The maximum Gasteiger partial charge on any atom is 0.251 e. The van der Waals surface area contributed by atoms with Crippen molar-refractivity contribution in [3.8, 4) is 11.6 Å². The fraction of sp³-hybridized carbons (Fsp3) is 0.280. The summed E-state index contributed by atoms with van der Waals surface area (Å²) in [4.78, 5) is 33.7. The van der Waals surface area contributed by atoms with Gasteiger partial charge < -0.3 is 9.73 Å². The van der Waals surface area contributed by atoms with Gasteiger partial charge in [0.15, 0.2) is 5.76 Å². The van der Waals surface area contributed by atoms with E-state index in [1.165, 1.54) is 41.6 Å². The average Bonchev–Trinajstić information content (AvgIpc) is 3.46. The van der Waals surface area contributed by atoms with Gasteiger partial charge in [-0.3, -0.25) is 19.5 Å². The van der Waals surface area contributed by atoms with Crippen molar-refractivity contribution in [1.29, 1.82) is 0 Å². The number of halogens is 1. The Morgan fingerprint density at radius 2 is 1.78 bits per heavy atom. The van der Waals surface area contributed by atoms with Crippen LogP contribution in [0.1, 0.15) is 38.1 Å². The number of nitrogens with one attached hydrogen (secondary N) is 1. The molecular weight excluding hydrogens is 465 g/mol. The molecule has 0 aliphatic carbocycles. The second-order valence-electron chi connectivity index (χ2n) is 9.22. The number of benzene rings is 1. The number of carbonyl (C=O) groups excluding carboxylic acids is 2. The molecule has 0 aliphatic rings. The Balaban J connectivity index is 1.72. The van der Waals surface area contributed by atoms with Crippen LogP contribution in [0.5, 0.6) is 0 Å². The summed E-state index contributed by atoms with van der Waals surface area (Å²) in [7, 11) is 0. The van der Waals surface area contributed by atoms with E-state index >= 15 is 0 Å². The molecule has 0 aliphatic heterocycles. The van der Waals surface area contributed by atoms with Crippen LogP contribution in [0.4, 0.5) is 10.1 Å². The first-order chi connectivity index (χ1) is 17.1. The summed E-state index contributed by atoms with van der Waals surface area (Å²) in [6.45, 7) is 7.00. The first kappa shape index (κ1) is 24.7. The number of amides is 2. The highest BCUT2D eigenvalue weighted by atomic mass is 19.1. The summed E-state index contributed by atoms with van der Waals surface area (Å²) < 4.78 is 19.3. The van der Waals surface area contributed by atoms with Crippen LogP contribution in [-0.2, 0) is 16.1 Å². The molecule has 10 nitrogen and oxygen atoms in total. The molecule has 3 heterocycles. The van der Waals surface area contributed by atoms with Crippen molar-refractivity contribution in [2.75, 3.05) is 4.90 Å². The Bertz CT molecular complexity index is 1340. The molecule has 1 aromatic carbocycles. The number of aromatic nitrogens is 5. The molecule has 0 unspecified atom stereocenters. The summed E-state index contributed by atoms with van der Waals surface area (Å²) >= 11 is 0. The minimum Gasteiger partial charge on any atom is -0.458 e. The van der Waals surface area contributed by atoms with Gasteiger partial charge in [0.25, 0.3) is 5.91 Å². The van der Waals surface area contributed by atoms with Crippen molar-refractivity contribution in [3.63, 3.8) is 0 Å². The van der Waals surface area contributed by atoms with Crippen LogP contribution in [0.3, 0.4) is 0 Å². The molecule has 0 radical (unpaired) electrons. The van der Waals surface area contributed by atoms with Crippen LogP contribution in [-0.4, -0.2) is 42.5 Å². The summed E-state index contributed by atoms with van der Waals surface area (Å²) in [5.74, 6) is -0.0648. The lowest BCUT2D eigenvalue weighted by molar-refractivity contribution is -0.128. The number of furan rings is 1. The molecule has 11 heteroatoms. The zero-order chi connectivity index (χ0) is 25.9. The normalized spacial score (nSPS) is 12.2. The first-order valence-electron chi connectivity index (χ1n) is 11.2. The number of hydrogen-bond donors (Lipinski definition) is 1. The third kappa shape index (κ3) is 5.80. The first-order valence-corrected chi connectivity index (χ1v) is 11.2. The minimum absolute atomic E-state index is 0.223. The lowest BCUT2D eigenvalue weighted by Gasteiger charge is -2.33. The van der Waals surface area contributed by atoms with Gasteiger partial charge in [0, 0.05) is 23.6 Å². The average molecular weight is 492 g/mol. The van der Waals surface area contributed by atoms with Crippen LogP contribution in [0.25, 0.3) is 11.6 Å². The van der Waals surface area contributed by atoms with Crippen LogP contribution >= 0.6 is 0 Å². The highest BCUT2D eigenvalue weighted by Gasteiger charge is 2.35. The highest BCUT2D eigenvalue weighted by Crippen LogP contribution is 2.29. The Labute approximate surface area is 207 Å². The van der Waals surface area contributed by atoms with Crippen molar-refractivity contribution >= 4 is 17.5 Å². The number of tetrazole rings is 1. The molecule has 4 aromatic rings. The monoisotopic (exact) mass is 491 g/mol. The Kier molecular flexibility index (Phi) is 6.91. The van der Waals surface area contributed by atoms with E-state index < -0.39 is 29.2 Å². The molecule has 186 valence electrons. The van der Waals surface area contributed by atoms with Gasteiger partial charge in [-0.2, -0.15) is 4.80 Å². The Morgan fingerprint density at radius 1 is 1.08 bits per heavy atom. The van der Waals surface area contributed by atoms with Gasteiger partial charge in [0.1, 0.15) is 24.2 Å². The fourth-order valence-electron chi connectivity index (χ4n) is 3.60. The third-order valence-electron chi connectivity index (χ3n) is 5.09. The standard InChI is InChI=1S/C25H26FN7O3/c1-16-5-10-20(36-16)23-29-31-32(30-23)15-21(34)33(19-8-6-18(26)7-9-19)22(17-11-13-27-14-12-17)24(35)28-25(2,3)4/h5-14,22H,15H2,1-4H3,(H,28,35)/t22-/m0/s1. The predicted octanol–water partition coefficient (Wildman–Crippen LogP) is 3.46. The van der Waals surface area contributed by atoms with E-state index in [4.69, 9.17) is 4.42 Å². The maximum atomic E-state index is 13.7. The fourth-order valence-corrected chi connectivity index (χ4v) is 3.60. The summed E-state index contributed by atoms with van der Waals surface area (Å²) in [5.41, 5.74) is 0.292. The summed E-state index contributed by atoms with van der Waals surface area (Å²) in [6, 6.07) is 11.1. The van der Waals surface area contributed by atoms with E-state index in [9.17, 15) is 14.0 Å². The van der Waals surface area contributed by atoms with Gasteiger partial charge in [-0.05, 0) is 87.0 Å². The number of carbonyl (C=O) groups is 2. The van der Waals surface area contributed by atoms with E-state index in [0.717, 1.165) is 4.80 Å². The number of hydrogen-bond acceptors (Lipinski definition) is 7. The van der Waals surface area contributed by atoms with Gasteiger partial charge in [-0.1, -0.05) is 0 Å².